The van der Waals surface area contributed by atoms with E-state index in [4.69, 9.17) is 0 Å². The minimum atomic E-state index is -1.17. The SMILES string of the molecule is CCCCCCC(O)(CC(=O)[O-])C[N+](C)(C)C. The van der Waals surface area contributed by atoms with Gasteiger partial charge in [-0.15, -0.1) is 0 Å². The highest BCUT2D eigenvalue weighted by atomic mass is 16.4. The van der Waals surface area contributed by atoms with Crippen LogP contribution < -0.4 is 5.11 Å². The van der Waals surface area contributed by atoms with E-state index < -0.39 is 11.6 Å². The number of unbranched alkanes of at least 4 members (excludes halogenated alkanes) is 3. The van der Waals surface area contributed by atoms with Crippen LogP contribution in [0.15, 0.2) is 0 Å². The zero-order valence-corrected chi connectivity index (χ0v) is 11.7. The molecule has 0 amide bonds. The van der Waals surface area contributed by atoms with Crippen LogP contribution in [0, 0.1) is 0 Å². The molecule has 0 aromatic heterocycles. The summed E-state index contributed by atoms with van der Waals surface area (Å²) in [5, 5.41) is 21.1. The van der Waals surface area contributed by atoms with E-state index in [2.05, 4.69) is 6.92 Å². The third-order valence-electron chi connectivity index (χ3n) is 2.74. The fourth-order valence-corrected chi connectivity index (χ4v) is 2.26. The van der Waals surface area contributed by atoms with E-state index in [0.29, 0.717) is 17.4 Å². The molecule has 0 aliphatic heterocycles. The van der Waals surface area contributed by atoms with Crippen LogP contribution in [0.3, 0.4) is 0 Å². The highest BCUT2D eigenvalue weighted by molar-refractivity contribution is 5.65. The van der Waals surface area contributed by atoms with Crippen LogP contribution in [0.2, 0.25) is 0 Å². The van der Waals surface area contributed by atoms with Crippen LogP contribution in [-0.2, 0) is 4.79 Å². The Labute approximate surface area is 105 Å². The van der Waals surface area contributed by atoms with E-state index >= 15 is 0 Å². The summed E-state index contributed by atoms with van der Waals surface area (Å²) in [6.07, 6.45) is 4.45. The Balaban J connectivity index is 4.34. The van der Waals surface area contributed by atoms with Gasteiger partial charge in [-0.1, -0.05) is 32.6 Å². The second-order valence-electron chi connectivity index (χ2n) is 6.03. The van der Waals surface area contributed by atoms with Gasteiger partial charge in [0.25, 0.3) is 0 Å². The first-order valence-electron chi connectivity index (χ1n) is 6.41. The quantitative estimate of drug-likeness (QED) is 0.476. The van der Waals surface area contributed by atoms with Crippen molar-refractivity contribution in [3.05, 3.63) is 0 Å². The molecule has 0 aliphatic rings. The van der Waals surface area contributed by atoms with Crippen molar-refractivity contribution in [1.82, 2.24) is 0 Å². The highest BCUT2D eigenvalue weighted by Crippen LogP contribution is 2.22. The molecule has 0 saturated carbocycles. The van der Waals surface area contributed by atoms with Crippen LogP contribution in [0.1, 0.15) is 45.4 Å². The molecule has 0 saturated heterocycles. The first-order valence-corrected chi connectivity index (χ1v) is 6.41. The maximum Gasteiger partial charge on any atom is 0.119 e. The van der Waals surface area contributed by atoms with Crippen molar-refractivity contribution in [1.29, 1.82) is 0 Å². The average Bonchev–Trinajstić information content (AvgIpc) is 2.07. The van der Waals surface area contributed by atoms with Gasteiger partial charge in [-0.2, -0.15) is 0 Å². The molecule has 4 heteroatoms. The Hall–Kier alpha value is -0.610. The Bertz CT molecular complexity index is 235. The van der Waals surface area contributed by atoms with Crippen LogP contribution >= 0.6 is 0 Å². The summed E-state index contributed by atoms with van der Waals surface area (Å²) >= 11 is 0. The Morgan fingerprint density at radius 2 is 1.82 bits per heavy atom. The molecule has 0 heterocycles. The van der Waals surface area contributed by atoms with Crippen LogP contribution in [0.5, 0.6) is 0 Å². The minimum absolute atomic E-state index is 0.269. The summed E-state index contributed by atoms with van der Waals surface area (Å²) < 4.78 is 0.553. The first-order chi connectivity index (χ1) is 7.68. The molecule has 0 radical (unpaired) electrons. The van der Waals surface area contributed by atoms with Gasteiger partial charge in [0, 0.05) is 12.4 Å². The van der Waals surface area contributed by atoms with E-state index in [0.717, 1.165) is 25.7 Å². The highest BCUT2D eigenvalue weighted by Gasteiger charge is 2.33. The molecule has 0 bridgehead atoms. The number of quaternary nitrogens is 1. The van der Waals surface area contributed by atoms with Crippen molar-refractivity contribution < 1.29 is 19.5 Å². The number of carboxylic acids is 1. The van der Waals surface area contributed by atoms with Crippen LogP contribution in [-0.4, -0.2) is 48.8 Å². The van der Waals surface area contributed by atoms with Crippen molar-refractivity contribution in [3.63, 3.8) is 0 Å². The van der Waals surface area contributed by atoms with E-state index in [1.54, 1.807) is 0 Å². The Morgan fingerprint density at radius 3 is 2.24 bits per heavy atom. The zero-order valence-electron chi connectivity index (χ0n) is 11.7. The van der Waals surface area contributed by atoms with Gasteiger partial charge < -0.3 is 19.5 Å². The topological polar surface area (TPSA) is 60.4 Å². The molecule has 0 fully saturated rings. The number of hydrogen-bond donors (Lipinski definition) is 1. The average molecular weight is 245 g/mol. The van der Waals surface area contributed by atoms with E-state index in [-0.39, 0.29) is 6.42 Å². The molecule has 4 nitrogen and oxygen atoms in total. The summed E-state index contributed by atoms with van der Waals surface area (Å²) in [5.74, 6) is -1.17. The maximum atomic E-state index is 10.7. The number of likely N-dealkylation sites (N-methyl/N-ethyl adjacent to an activating group) is 1. The minimum Gasteiger partial charge on any atom is -0.550 e. The van der Waals surface area contributed by atoms with Gasteiger partial charge in [0.05, 0.1) is 21.1 Å². The van der Waals surface area contributed by atoms with Crippen molar-refractivity contribution in [2.45, 2.75) is 51.0 Å². The lowest BCUT2D eigenvalue weighted by Gasteiger charge is -2.36. The molecule has 1 unspecified atom stereocenters. The maximum absolute atomic E-state index is 10.7. The molecule has 0 spiro atoms. The fraction of sp³-hybridized carbons (Fsp3) is 0.923. The van der Waals surface area contributed by atoms with Gasteiger partial charge in [-0.3, -0.25) is 0 Å². The normalized spacial score (nSPS) is 15.6. The lowest BCUT2D eigenvalue weighted by Crippen LogP contribution is -2.51. The molecule has 0 rings (SSSR count). The first kappa shape index (κ1) is 16.4. The standard InChI is InChI=1S/C13H27NO3/c1-5-6-7-8-9-13(17,10-12(15)16)11-14(2,3)4/h17H,5-11H2,1-4H3. The van der Waals surface area contributed by atoms with Gasteiger partial charge in [-0.25, -0.2) is 0 Å². The summed E-state index contributed by atoms with van der Waals surface area (Å²) in [6.45, 7) is 2.56. The predicted octanol–water partition coefficient (Wildman–Crippen LogP) is 0.534. The molecule has 0 aromatic rings. The molecular formula is C13H27NO3. The number of carboxylic acid groups (broad SMARTS) is 1. The molecule has 0 aromatic carbocycles. The molecular weight excluding hydrogens is 218 g/mol. The predicted molar refractivity (Wildman–Crippen MR) is 66.2 cm³/mol. The van der Waals surface area contributed by atoms with Gasteiger partial charge in [0.15, 0.2) is 0 Å². The molecule has 102 valence electrons. The third-order valence-corrected chi connectivity index (χ3v) is 2.74. The van der Waals surface area contributed by atoms with Crippen LogP contribution in [0.25, 0.3) is 0 Å². The number of rotatable bonds is 9. The van der Waals surface area contributed by atoms with Crippen molar-refractivity contribution in [3.8, 4) is 0 Å². The second-order valence-corrected chi connectivity index (χ2v) is 6.03. The Kier molecular flexibility index (Phi) is 6.72. The molecule has 0 aliphatic carbocycles. The van der Waals surface area contributed by atoms with E-state index in [1.165, 1.54) is 0 Å². The number of hydrogen-bond acceptors (Lipinski definition) is 3. The second kappa shape index (κ2) is 6.97. The van der Waals surface area contributed by atoms with Crippen molar-refractivity contribution >= 4 is 5.97 Å². The smallest absolute Gasteiger partial charge is 0.119 e. The number of nitrogens with zero attached hydrogens (tertiary/aromatic N) is 1. The largest absolute Gasteiger partial charge is 0.550 e. The van der Waals surface area contributed by atoms with Gasteiger partial charge in [0.2, 0.25) is 0 Å². The zero-order chi connectivity index (χ0) is 13.5. The fourth-order valence-electron chi connectivity index (χ4n) is 2.26. The molecule has 17 heavy (non-hydrogen) atoms. The van der Waals surface area contributed by atoms with Crippen molar-refractivity contribution in [2.24, 2.45) is 0 Å². The summed E-state index contributed by atoms with van der Waals surface area (Å²) in [5.41, 5.74) is -1.13. The molecule has 1 N–H and O–H groups in total. The number of aliphatic hydroxyl groups is 1. The van der Waals surface area contributed by atoms with Gasteiger partial charge in [-0.05, 0) is 6.42 Å². The summed E-state index contributed by atoms with van der Waals surface area (Å²) in [7, 11) is 5.85. The van der Waals surface area contributed by atoms with Crippen LogP contribution in [0.4, 0.5) is 0 Å². The summed E-state index contributed by atoms with van der Waals surface area (Å²) in [6, 6.07) is 0. The van der Waals surface area contributed by atoms with Crippen molar-refractivity contribution in [2.75, 3.05) is 27.7 Å². The van der Waals surface area contributed by atoms with E-state index in [1.807, 2.05) is 21.1 Å². The van der Waals surface area contributed by atoms with E-state index in [9.17, 15) is 15.0 Å². The Morgan fingerprint density at radius 1 is 1.24 bits per heavy atom. The number of aliphatic carboxylic acids is 1. The lowest BCUT2D eigenvalue weighted by molar-refractivity contribution is -0.877. The number of carbonyl (C=O) groups excluding carboxylic acids is 1. The summed E-state index contributed by atoms with van der Waals surface area (Å²) in [4.78, 5) is 10.7. The third kappa shape index (κ3) is 9.12. The van der Waals surface area contributed by atoms with Gasteiger partial charge >= 0.3 is 0 Å². The monoisotopic (exact) mass is 245 g/mol. The number of carbonyl (C=O) groups is 1. The van der Waals surface area contributed by atoms with Gasteiger partial charge in [0.1, 0.15) is 12.1 Å². The molecule has 1 atom stereocenters. The lowest BCUT2D eigenvalue weighted by atomic mass is 9.91.